The zero-order valence-corrected chi connectivity index (χ0v) is 12.3. The lowest BCUT2D eigenvalue weighted by Gasteiger charge is -2.06. The van der Waals surface area contributed by atoms with Gasteiger partial charge in [-0.1, -0.05) is 0 Å². The van der Waals surface area contributed by atoms with Crippen LogP contribution >= 0.6 is 22.7 Å². The molecule has 2 heterocycles. The molecule has 0 fully saturated rings. The molecule has 100 valence electrons. The van der Waals surface area contributed by atoms with Gasteiger partial charge in [0.25, 0.3) is 5.91 Å². The number of nitrogens with one attached hydrogen (secondary N) is 1. The van der Waals surface area contributed by atoms with Crippen LogP contribution < -0.4 is 5.32 Å². The number of carbonyl (C=O) groups excluding carboxylic acids is 2. The fourth-order valence-corrected chi connectivity index (χ4v) is 3.15. The predicted octanol–water partition coefficient (Wildman–Crippen LogP) is 2.86. The molecule has 0 bridgehead atoms. The highest BCUT2D eigenvalue weighted by atomic mass is 32.1. The second kappa shape index (κ2) is 5.50. The molecule has 0 aliphatic heterocycles. The molecule has 0 aromatic carbocycles. The molecular weight excluding hydrogens is 284 g/mol. The van der Waals surface area contributed by atoms with E-state index >= 15 is 0 Å². The molecule has 0 aliphatic carbocycles. The zero-order valence-electron chi connectivity index (χ0n) is 10.6. The lowest BCUT2D eigenvalue weighted by molar-refractivity contribution is 0.0607. The summed E-state index contributed by atoms with van der Waals surface area (Å²) in [5.74, 6) is -0.707. The number of nitrogens with zero attached hydrogens (tertiary/aromatic N) is 1. The lowest BCUT2D eigenvalue weighted by atomic mass is 10.2. The lowest BCUT2D eigenvalue weighted by Crippen LogP contribution is -2.14. The van der Waals surface area contributed by atoms with E-state index in [0.717, 1.165) is 5.56 Å². The summed E-state index contributed by atoms with van der Waals surface area (Å²) in [5.41, 5.74) is 3.64. The number of hydrogen-bond acceptors (Lipinski definition) is 6. The summed E-state index contributed by atoms with van der Waals surface area (Å²) in [6, 6.07) is 0. The number of hydrogen-bond donors (Lipinski definition) is 1. The van der Waals surface area contributed by atoms with Crippen molar-refractivity contribution < 1.29 is 14.3 Å². The number of aromatic nitrogens is 1. The van der Waals surface area contributed by atoms with Crippen LogP contribution in [0.1, 0.15) is 30.6 Å². The van der Waals surface area contributed by atoms with Crippen LogP contribution in [-0.4, -0.2) is 24.0 Å². The molecule has 0 atom stereocenters. The maximum absolute atomic E-state index is 12.1. The Balaban J connectivity index is 2.29. The Kier molecular flexibility index (Phi) is 3.96. The number of ether oxygens (including phenoxy) is 1. The first-order valence-electron chi connectivity index (χ1n) is 5.42. The van der Waals surface area contributed by atoms with E-state index in [-0.39, 0.29) is 5.91 Å². The van der Waals surface area contributed by atoms with E-state index in [0.29, 0.717) is 21.1 Å². The van der Waals surface area contributed by atoms with Crippen LogP contribution in [0.2, 0.25) is 0 Å². The third-order valence-corrected chi connectivity index (χ3v) is 4.54. The second-order valence-electron chi connectivity index (χ2n) is 3.84. The SMILES string of the molecule is COC(=O)c1scc(C)c1NC(=O)c1scnc1C. The van der Waals surface area contributed by atoms with Crippen LogP contribution in [0.4, 0.5) is 5.69 Å². The maximum Gasteiger partial charge on any atom is 0.350 e. The zero-order chi connectivity index (χ0) is 14.0. The fourth-order valence-electron chi connectivity index (χ4n) is 1.53. The van der Waals surface area contributed by atoms with Gasteiger partial charge in [-0.05, 0) is 24.8 Å². The van der Waals surface area contributed by atoms with Crippen molar-refractivity contribution in [1.29, 1.82) is 0 Å². The van der Waals surface area contributed by atoms with Gasteiger partial charge < -0.3 is 10.1 Å². The van der Waals surface area contributed by atoms with Crippen LogP contribution in [0, 0.1) is 13.8 Å². The summed E-state index contributed by atoms with van der Waals surface area (Å²) in [7, 11) is 1.32. The van der Waals surface area contributed by atoms with Gasteiger partial charge in [0, 0.05) is 0 Å². The van der Waals surface area contributed by atoms with Crippen molar-refractivity contribution in [3.8, 4) is 0 Å². The average molecular weight is 296 g/mol. The number of thiazole rings is 1. The number of methoxy groups -OCH3 is 1. The normalized spacial score (nSPS) is 10.3. The largest absolute Gasteiger partial charge is 0.465 e. The van der Waals surface area contributed by atoms with Crippen LogP contribution in [0.25, 0.3) is 0 Å². The number of carbonyl (C=O) groups is 2. The van der Waals surface area contributed by atoms with Crippen molar-refractivity contribution in [2.75, 3.05) is 12.4 Å². The number of esters is 1. The van der Waals surface area contributed by atoms with E-state index < -0.39 is 5.97 Å². The molecule has 2 aromatic rings. The smallest absolute Gasteiger partial charge is 0.350 e. The van der Waals surface area contributed by atoms with Crippen molar-refractivity contribution >= 4 is 40.2 Å². The standard InChI is InChI=1S/C12H12N2O3S2/c1-6-4-18-10(12(16)17-3)8(6)14-11(15)9-7(2)13-5-19-9/h4-5H,1-3H3,(H,14,15). The number of aryl methyl sites for hydroxylation is 2. The molecule has 5 nitrogen and oxygen atoms in total. The molecule has 0 saturated heterocycles. The van der Waals surface area contributed by atoms with E-state index in [1.165, 1.54) is 29.8 Å². The van der Waals surface area contributed by atoms with Gasteiger partial charge in [-0.2, -0.15) is 0 Å². The Morgan fingerprint density at radius 1 is 1.26 bits per heavy atom. The third kappa shape index (κ3) is 2.66. The van der Waals surface area contributed by atoms with Gasteiger partial charge in [0.1, 0.15) is 9.75 Å². The molecule has 19 heavy (non-hydrogen) atoms. The Morgan fingerprint density at radius 2 is 2.00 bits per heavy atom. The topological polar surface area (TPSA) is 68.3 Å². The highest BCUT2D eigenvalue weighted by Gasteiger charge is 2.20. The Labute approximate surface area is 118 Å². The summed E-state index contributed by atoms with van der Waals surface area (Å²) in [5, 5.41) is 4.57. The van der Waals surface area contributed by atoms with Gasteiger partial charge >= 0.3 is 5.97 Å². The third-order valence-electron chi connectivity index (χ3n) is 2.54. The minimum Gasteiger partial charge on any atom is -0.465 e. The molecule has 2 aromatic heterocycles. The molecule has 0 radical (unpaired) electrons. The molecule has 0 saturated carbocycles. The second-order valence-corrected chi connectivity index (χ2v) is 5.57. The van der Waals surface area contributed by atoms with Crippen LogP contribution in [0.3, 0.4) is 0 Å². The van der Waals surface area contributed by atoms with Gasteiger partial charge in [-0.25, -0.2) is 9.78 Å². The summed E-state index contributed by atoms with van der Waals surface area (Å²) in [6.07, 6.45) is 0. The number of anilines is 1. The van der Waals surface area contributed by atoms with Gasteiger partial charge in [0.15, 0.2) is 0 Å². The Hall–Kier alpha value is -1.73. The highest BCUT2D eigenvalue weighted by molar-refractivity contribution is 7.13. The van der Waals surface area contributed by atoms with Gasteiger partial charge in [0.05, 0.1) is 24.0 Å². The molecule has 2 rings (SSSR count). The van der Waals surface area contributed by atoms with E-state index in [4.69, 9.17) is 4.74 Å². The summed E-state index contributed by atoms with van der Waals surface area (Å²) < 4.78 is 4.70. The molecule has 0 unspecified atom stereocenters. The molecule has 0 spiro atoms. The molecule has 1 N–H and O–H groups in total. The maximum atomic E-state index is 12.1. The Bertz CT molecular complexity index is 631. The quantitative estimate of drug-likeness (QED) is 0.884. The van der Waals surface area contributed by atoms with Crippen molar-refractivity contribution in [1.82, 2.24) is 4.98 Å². The number of thiophene rings is 1. The van der Waals surface area contributed by atoms with E-state index in [9.17, 15) is 9.59 Å². The summed E-state index contributed by atoms with van der Waals surface area (Å²) in [6.45, 7) is 3.60. The Morgan fingerprint density at radius 3 is 2.58 bits per heavy atom. The van der Waals surface area contributed by atoms with Crippen LogP contribution in [0.5, 0.6) is 0 Å². The number of rotatable bonds is 3. The summed E-state index contributed by atoms with van der Waals surface area (Å²) in [4.78, 5) is 28.7. The minimum atomic E-state index is -0.450. The van der Waals surface area contributed by atoms with Crippen molar-refractivity contribution in [2.45, 2.75) is 13.8 Å². The first kappa shape index (κ1) is 13.7. The highest BCUT2D eigenvalue weighted by Crippen LogP contribution is 2.29. The molecule has 0 aliphatic rings. The average Bonchev–Trinajstić information content (AvgIpc) is 2.96. The minimum absolute atomic E-state index is 0.258. The van der Waals surface area contributed by atoms with E-state index in [2.05, 4.69) is 10.3 Å². The first-order valence-corrected chi connectivity index (χ1v) is 7.18. The molecule has 1 amide bonds. The monoisotopic (exact) mass is 296 g/mol. The van der Waals surface area contributed by atoms with Crippen molar-refractivity contribution in [2.24, 2.45) is 0 Å². The molecular formula is C12H12N2O3S2. The summed E-state index contributed by atoms with van der Waals surface area (Å²) >= 11 is 2.52. The van der Waals surface area contributed by atoms with Crippen LogP contribution in [-0.2, 0) is 4.74 Å². The number of amides is 1. The van der Waals surface area contributed by atoms with Crippen molar-refractivity contribution in [3.63, 3.8) is 0 Å². The van der Waals surface area contributed by atoms with Gasteiger partial charge in [0.2, 0.25) is 0 Å². The van der Waals surface area contributed by atoms with Crippen LogP contribution in [0.15, 0.2) is 10.9 Å². The molecule has 7 heteroatoms. The van der Waals surface area contributed by atoms with E-state index in [1.54, 1.807) is 17.8 Å². The fraction of sp³-hybridized carbons (Fsp3) is 0.250. The van der Waals surface area contributed by atoms with Gasteiger partial charge in [-0.3, -0.25) is 4.79 Å². The van der Waals surface area contributed by atoms with Crippen molar-refractivity contribution in [3.05, 3.63) is 31.9 Å². The van der Waals surface area contributed by atoms with Gasteiger partial charge in [-0.15, -0.1) is 22.7 Å². The van der Waals surface area contributed by atoms with E-state index in [1.807, 2.05) is 6.92 Å². The first-order chi connectivity index (χ1) is 9.04. The predicted molar refractivity (Wildman–Crippen MR) is 75.2 cm³/mol.